The van der Waals surface area contributed by atoms with E-state index in [4.69, 9.17) is 0 Å². The Morgan fingerprint density at radius 1 is 1.05 bits per heavy atom. The van der Waals surface area contributed by atoms with Crippen molar-refractivity contribution in [2.75, 3.05) is 0 Å². The number of aliphatic hydroxyl groups excluding tert-OH is 1. The number of benzene rings is 1. The van der Waals surface area contributed by atoms with Crippen LogP contribution in [0.25, 0.3) is 0 Å². The first kappa shape index (κ1) is 17.6. The zero-order valence-corrected chi connectivity index (χ0v) is 14.0. The Morgan fingerprint density at radius 2 is 1.70 bits per heavy atom. The van der Waals surface area contributed by atoms with Gasteiger partial charge in [0.2, 0.25) is 0 Å². The van der Waals surface area contributed by atoms with Gasteiger partial charge in [-0.2, -0.15) is 0 Å². The number of hydrogen-bond donors (Lipinski definition) is 1. The molecule has 0 saturated heterocycles. The van der Waals surface area contributed by atoms with Gasteiger partial charge in [0.05, 0.1) is 6.10 Å². The van der Waals surface area contributed by atoms with Crippen molar-refractivity contribution in [3.8, 4) is 0 Å². The molecule has 114 valence electrons. The topological polar surface area (TPSA) is 20.2 Å². The van der Waals surface area contributed by atoms with Crippen LogP contribution in [-0.4, -0.2) is 11.2 Å². The molecule has 0 aliphatic heterocycles. The maximum absolute atomic E-state index is 13.2. The van der Waals surface area contributed by atoms with E-state index in [9.17, 15) is 9.50 Å². The van der Waals surface area contributed by atoms with Gasteiger partial charge in [0.25, 0.3) is 0 Å². The van der Waals surface area contributed by atoms with Crippen molar-refractivity contribution in [3.63, 3.8) is 0 Å². The van der Waals surface area contributed by atoms with Crippen molar-refractivity contribution >= 4 is 15.9 Å². The van der Waals surface area contributed by atoms with E-state index in [1.165, 1.54) is 50.7 Å². The summed E-state index contributed by atoms with van der Waals surface area (Å²) in [6.07, 6.45) is 9.74. The molecule has 0 saturated carbocycles. The fourth-order valence-electron chi connectivity index (χ4n) is 2.44. The first-order valence-corrected chi connectivity index (χ1v) is 8.54. The summed E-state index contributed by atoms with van der Waals surface area (Å²) in [5, 5.41) is 9.99. The van der Waals surface area contributed by atoms with E-state index in [2.05, 4.69) is 22.9 Å². The zero-order chi connectivity index (χ0) is 14.8. The third-order valence-electron chi connectivity index (χ3n) is 3.53. The van der Waals surface area contributed by atoms with Crippen LogP contribution in [-0.2, 0) is 6.42 Å². The second kappa shape index (κ2) is 10.3. The van der Waals surface area contributed by atoms with Crippen molar-refractivity contribution in [2.45, 2.75) is 70.8 Å². The molecule has 1 rings (SSSR count). The second-order valence-electron chi connectivity index (χ2n) is 5.55. The largest absolute Gasteiger partial charge is 0.393 e. The van der Waals surface area contributed by atoms with Gasteiger partial charge >= 0.3 is 0 Å². The van der Waals surface area contributed by atoms with Crippen LogP contribution >= 0.6 is 15.9 Å². The Bertz CT molecular complexity index is 361. The van der Waals surface area contributed by atoms with Crippen molar-refractivity contribution in [1.82, 2.24) is 0 Å². The lowest BCUT2D eigenvalue weighted by molar-refractivity contribution is 0.160. The molecule has 1 unspecified atom stereocenters. The van der Waals surface area contributed by atoms with Gasteiger partial charge in [-0.3, -0.25) is 0 Å². The Balaban J connectivity index is 2.15. The van der Waals surface area contributed by atoms with Crippen LogP contribution in [0, 0.1) is 5.82 Å². The van der Waals surface area contributed by atoms with E-state index in [1.54, 1.807) is 0 Å². The van der Waals surface area contributed by atoms with Crippen LogP contribution in [0.5, 0.6) is 0 Å². The molecule has 3 heteroatoms. The van der Waals surface area contributed by atoms with Gasteiger partial charge in [-0.25, -0.2) is 4.39 Å². The normalized spacial score (nSPS) is 12.6. The molecule has 1 N–H and O–H groups in total. The third-order valence-corrected chi connectivity index (χ3v) is 3.99. The summed E-state index contributed by atoms with van der Waals surface area (Å²) in [6.45, 7) is 2.22. The number of aliphatic hydroxyl groups is 1. The standard InChI is InChI=1S/C17H26BrFO/c1-2-3-4-5-6-7-8-9-17(20)12-14-10-15(18)13-16(19)11-14/h10-11,13,17,20H,2-9,12H2,1H3. The molecule has 1 nitrogen and oxygen atoms in total. The third kappa shape index (κ3) is 8.01. The summed E-state index contributed by atoms with van der Waals surface area (Å²) in [5.41, 5.74) is 0.854. The minimum Gasteiger partial charge on any atom is -0.393 e. The highest BCUT2D eigenvalue weighted by atomic mass is 79.9. The Kier molecular flexibility index (Phi) is 9.12. The minimum atomic E-state index is -0.362. The fourth-order valence-corrected chi connectivity index (χ4v) is 2.95. The molecule has 1 aromatic carbocycles. The molecule has 0 spiro atoms. The highest BCUT2D eigenvalue weighted by molar-refractivity contribution is 9.10. The highest BCUT2D eigenvalue weighted by Gasteiger charge is 2.07. The summed E-state index contributed by atoms with van der Waals surface area (Å²) >= 11 is 3.28. The molecule has 20 heavy (non-hydrogen) atoms. The molecule has 1 aromatic rings. The summed E-state index contributed by atoms with van der Waals surface area (Å²) in [5.74, 6) is -0.252. The van der Waals surface area contributed by atoms with Crippen LogP contribution < -0.4 is 0 Å². The van der Waals surface area contributed by atoms with Crippen LogP contribution in [0.2, 0.25) is 0 Å². The maximum atomic E-state index is 13.2. The maximum Gasteiger partial charge on any atom is 0.124 e. The van der Waals surface area contributed by atoms with E-state index in [0.717, 1.165) is 22.9 Å². The molecule has 0 radical (unpaired) electrons. The van der Waals surface area contributed by atoms with Crippen LogP contribution in [0.4, 0.5) is 4.39 Å². The van der Waals surface area contributed by atoms with E-state index in [1.807, 2.05) is 6.07 Å². The quantitative estimate of drug-likeness (QED) is 0.545. The van der Waals surface area contributed by atoms with Crippen molar-refractivity contribution in [2.24, 2.45) is 0 Å². The van der Waals surface area contributed by atoms with Crippen molar-refractivity contribution in [3.05, 3.63) is 34.1 Å². The Labute approximate surface area is 130 Å². The minimum absolute atomic E-state index is 0.252. The predicted molar refractivity (Wildman–Crippen MR) is 86.4 cm³/mol. The average molecular weight is 345 g/mol. The smallest absolute Gasteiger partial charge is 0.124 e. The van der Waals surface area contributed by atoms with E-state index in [0.29, 0.717) is 6.42 Å². The van der Waals surface area contributed by atoms with Crippen molar-refractivity contribution < 1.29 is 9.50 Å². The monoisotopic (exact) mass is 344 g/mol. The van der Waals surface area contributed by atoms with Crippen molar-refractivity contribution in [1.29, 1.82) is 0 Å². The summed E-state index contributed by atoms with van der Waals surface area (Å²) in [4.78, 5) is 0. The SMILES string of the molecule is CCCCCCCCCC(O)Cc1cc(F)cc(Br)c1. The molecule has 0 amide bonds. The average Bonchev–Trinajstić information content (AvgIpc) is 2.36. The van der Waals surface area contributed by atoms with Gasteiger partial charge in [-0.05, 0) is 36.6 Å². The first-order valence-electron chi connectivity index (χ1n) is 7.75. The highest BCUT2D eigenvalue weighted by Crippen LogP contribution is 2.18. The lowest BCUT2D eigenvalue weighted by atomic mass is 10.0. The summed E-state index contributed by atoms with van der Waals surface area (Å²) < 4.78 is 14.0. The number of unbranched alkanes of at least 4 members (excludes halogenated alkanes) is 6. The first-order chi connectivity index (χ1) is 9.61. The van der Waals surface area contributed by atoms with Gasteiger partial charge in [-0.1, -0.05) is 67.8 Å². The van der Waals surface area contributed by atoms with Crippen LogP contribution in [0.15, 0.2) is 22.7 Å². The van der Waals surface area contributed by atoms with Crippen LogP contribution in [0.3, 0.4) is 0 Å². The number of hydrogen-bond acceptors (Lipinski definition) is 1. The molecule has 0 aliphatic rings. The Hall–Kier alpha value is -0.410. The lowest BCUT2D eigenvalue weighted by Crippen LogP contribution is -2.10. The molecule has 0 heterocycles. The fraction of sp³-hybridized carbons (Fsp3) is 0.647. The van der Waals surface area contributed by atoms with Crippen LogP contribution in [0.1, 0.15) is 63.9 Å². The molecule has 0 aromatic heterocycles. The molecule has 0 aliphatic carbocycles. The molecule has 0 bridgehead atoms. The van der Waals surface area contributed by atoms with E-state index >= 15 is 0 Å². The predicted octanol–water partition coefficient (Wildman–Crippen LogP) is 5.63. The zero-order valence-electron chi connectivity index (χ0n) is 12.4. The van der Waals surface area contributed by atoms with Gasteiger partial charge in [0.15, 0.2) is 0 Å². The molecular formula is C17H26BrFO. The van der Waals surface area contributed by atoms with Gasteiger partial charge < -0.3 is 5.11 Å². The van der Waals surface area contributed by atoms with Gasteiger partial charge in [0, 0.05) is 4.47 Å². The van der Waals surface area contributed by atoms with E-state index < -0.39 is 0 Å². The summed E-state index contributed by atoms with van der Waals surface area (Å²) in [7, 11) is 0. The Morgan fingerprint density at radius 3 is 2.35 bits per heavy atom. The number of halogens is 2. The molecule has 0 fully saturated rings. The summed E-state index contributed by atoms with van der Waals surface area (Å²) in [6, 6.07) is 4.81. The van der Waals surface area contributed by atoms with Gasteiger partial charge in [0.1, 0.15) is 5.82 Å². The lowest BCUT2D eigenvalue weighted by Gasteiger charge is -2.11. The van der Waals surface area contributed by atoms with Gasteiger partial charge in [-0.15, -0.1) is 0 Å². The second-order valence-corrected chi connectivity index (χ2v) is 6.46. The molecule has 1 atom stereocenters. The molecular weight excluding hydrogens is 319 g/mol. The van der Waals surface area contributed by atoms with E-state index in [-0.39, 0.29) is 11.9 Å². The number of rotatable bonds is 10.